The third-order valence-corrected chi connectivity index (χ3v) is 1.83. The van der Waals surface area contributed by atoms with Gasteiger partial charge in [-0.15, -0.1) is 0 Å². The molecule has 5 heteroatoms. The predicted molar refractivity (Wildman–Crippen MR) is 47.8 cm³/mol. The summed E-state index contributed by atoms with van der Waals surface area (Å²) in [5.74, 6) is -1.45. The Kier molecular flexibility index (Phi) is 3.34. The lowest BCUT2D eigenvalue weighted by atomic mass is 10.1. The van der Waals surface area contributed by atoms with Gasteiger partial charge in [-0.05, 0) is 31.5 Å². The molecule has 0 heterocycles. The van der Waals surface area contributed by atoms with E-state index in [-0.39, 0.29) is 16.9 Å². The van der Waals surface area contributed by atoms with Gasteiger partial charge >= 0.3 is 6.61 Å². The van der Waals surface area contributed by atoms with Crippen LogP contribution in [-0.2, 0) is 0 Å². The summed E-state index contributed by atoms with van der Waals surface area (Å²) in [6.07, 6.45) is 0. The number of alkyl halides is 2. The summed E-state index contributed by atoms with van der Waals surface area (Å²) in [5.41, 5.74) is -0.149. The van der Waals surface area contributed by atoms with Gasteiger partial charge in [0.15, 0.2) is 5.78 Å². The van der Waals surface area contributed by atoms with Gasteiger partial charge in [-0.1, -0.05) is 0 Å². The second kappa shape index (κ2) is 4.33. The van der Waals surface area contributed by atoms with Crippen LogP contribution >= 0.6 is 0 Å². The standard InChI is InChI=1S/C10H9F3O2/c1-5-3-7(15-10(12)13)4-8(6(2)14)9(5)11/h3-4,10H,1-2H3. The average Bonchev–Trinajstić information content (AvgIpc) is 2.09. The van der Waals surface area contributed by atoms with Crippen LogP contribution in [-0.4, -0.2) is 12.4 Å². The van der Waals surface area contributed by atoms with Crippen molar-refractivity contribution in [3.8, 4) is 5.75 Å². The van der Waals surface area contributed by atoms with E-state index in [1.807, 2.05) is 0 Å². The molecule has 0 aromatic heterocycles. The smallest absolute Gasteiger partial charge is 0.387 e. The number of benzene rings is 1. The van der Waals surface area contributed by atoms with E-state index in [4.69, 9.17) is 0 Å². The van der Waals surface area contributed by atoms with Gasteiger partial charge in [0.25, 0.3) is 0 Å². The van der Waals surface area contributed by atoms with Crippen molar-refractivity contribution >= 4 is 5.78 Å². The fourth-order valence-corrected chi connectivity index (χ4v) is 1.16. The molecule has 1 aromatic rings. The summed E-state index contributed by atoms with van der Waals surface area (Å²) in [6, 6.07) is 2.09. The number of hydrogen-bond donors (Lipinski definition) is 0. The fraction of sp³-hybridized carbons (Fsp3) is 0.300. The average molecular weight is 218 g/mol. The van der Waals surface area contributed by atoms with E-state index < -0.39 is 18.2 Å². The third kappa shape index (κ3) is 2.71. The normalized spacial score (nSPS) is 10.5. The molecular formula is C10H9F3O2. The Morgan fingerprint density at radius 2 is 2.00 bits per heavy atom. The summed E-state index contributed by atoms with van der Waals surface area (Å²) < 4.78 is 41.2. The number of aryl methyl sites for hydroxylation is 1. The molecule has 0 aliphatic rings. The lowest BCUT2D eigenvalue weighted by molar-refractivity contribution is -0.0499. The van der Waals surface area contributed by atoms with Crippen molar-refractivity contribution in [2.45, 2.75) is 20.5 Å². The highest BCUT2D eigenvalue weighted by atomic mass is 19.3. The summed E-state index contributed by atoms with van der Waals surface area (Å²) in [5, 5.41) is 0. The summed E-state index contributed by atoms with van der Waals surface area (Å²) >= 11 is 0. The Balaban J connectivity index is 3.17. The minimum atomic E-state index is -2.99. The van der Waals surface area contributed by atoms with Gasteiger partial charge in [0.2, 0.25) is 0 Å². The molecule has 0 aliphatic heterocycles. The van der Waals surface area contributed by atoms with E-state index in [0.717, 1.165) is 19.1 Å². The Morgan fingerprint density at radius 1 is 1.40 bits per heavy atom. The zero-order valence-corrected chi connectivity index (χ0v) is 8.18. The van der Waals surface area contributed by atoms with Gasteiger partial charge in [-0.3, -0.25) is 4.79 Å². The van der Waals surface area contributed by atoms with Crippen molar-refractivity contribution in [3.05, 3.63) is 29.1 Å². The molecular weight excluding hydrogens is 209 g/mol. The molecule has 82 valence electrons. The highest BCUT2D eigenvalue weighted by Gasteiger charge is 2.14. The molecule has 0 bridgehead atoms. The molecule has 0 amide bonds. The lowest BCUT2D eigenvalue weighted by Crippen LogP contribution is -2.05. The molecule has 2 nitrogen and oxygen atoms in total. The first-order valence-electron chi connectivity index (χ1n) is 4.17. The molecule has 0 N–H and O–H groups in total. The van der Waals surface area contributed by atoms with E-state index >= 15 is 0 Å². The maximum atomic E-state index is 13.3. The van der Waals surface area contributed by atoms with Crippen LogP contribution in [0.2, 0.25) is 0 Å². The second-order valence-corrected chi connectivity index (χ2v) is 3.04. The van der Waals surface area contributed by atoms with Gasteiger partial charge < -0.3 is 4.74 Å². The lowest BCUT2D eigenvalue weighted by Gasteiger charge is -2.08. The van der Waals surface area contributed by atoms with E-state index in [0.29, 0.717) is 0 Å². The van der Waals surface area contributed by atoms with Crippen LogP contribution in [0.1, 0.15) is 22.8 Å². The number of ether oxygens (including phenoxy) is 1. The van der Waals surface area contributed by atoms with Crippen molar-refractivity contribution in [1.29, 1.82) is 0 Å². The number of rotatable bonds is 3. The van der Waals surface area contributed by atoms with Gasteiger partial charge in [0.05, 0.1) is 5.56 Å². The molecule has 15 heavy (non-hydrogen) atoms. The van der Waals surface area contributed by atoms with E-state index in [2.05, 4.69) is 4.74 Å². The fourth-order valence-electron chi connectivity index (χ4n) is 1.16. The van der Waals surface area contributed by atoms with Crippen LogP contribution in [0.4, 0.5) is 13.2 Å². The van der Waals surface area contributed by atoms with Crippen molar-refractivity contribution in [1.82, 2.24) is 0 Å². The quantitative estimate of drug-likeness (QED) is 0.729. The zero-order chi connectivity index (χ0) is 11.6. The Bertz CT molecular complexity index is 388. The number of hydrogen-bond acceptors (Lipinski definition) is 2. The molecule has 0 spiro atoms. The SMILES string of the molecule is CC(=O)c1cc(OC(F)F)cc(C)c1F. The molecule has 0 unspecified atom stereocenters. The topological polar surface area (TPSA) is 26.3 Å². The molecule has 0 fully saturated rings. The Hall–Kier alpha value is -1.52. The van der Waals surface area contributed by atoms with Crippen LogP contribution in [0.25, 0.3) is 0 Å². The second-order valence-electron chi connectivity index (χ2n) is 3.04. The van der Waals surface area contributed by atoms with Gasteiger partial charge in [0.1, 0.15) is 11.6 Å². The summed E-state index contributed by atoms with van der Waals surface area (Å²) in [7, 11) is 0. The number of carbonyl (C=O) groups excluding carboxylic acids is 1. The Labute approximate surface area is 84.7 Å². The molecule has 0 atom stereocenters. The molecule has 0 aliphatic carbocycles. The highest BCUT2D eigenvalue weighted by molar-refractivity contribution is 5.95. The molecule has 0 saturated heterocycles. The highest BCUT2D eigenvalue weighted by Crippen LogP contribution is 2.22. The van der Waals surface area contributed by atoms with Gasteiger partial charge in [-0.2, -0.15) is 8.78 Å². The van der Waals surface area contributed by atoms with Crippen molar-refractivity contribution in [3.63, 3.8) is 0 Å². The number of ketones is 1. The van der Waals surface area contributed by atoms with Crippen molar-refractivity contribution < 1.29 is 22.7 Å². The molecule has 1 aromatic carbocycles. The monoisotopic (exact) mass is 218 g/mol. The summed E-state index contributed by atoms with van der Waals surface area (Å²) in [6.45, 7) is -0.459. The number of halogens is 3. The minimum Gasteiger partial charge on any atom is -0.435 e. The van der Waals surface area contributed by atoms with Crippen molar-refractivity contribution in [2.75, 3.05) is 0 Å². The van der Waals surface area contributed by atoms with Crippen molar-refractivity contribution in [2.24, 2.45) is 0 Å². The van der Waals surface area contributed by atoms with Gasteiger partial charge in [0, 0.05) is 0 Å². The maximum absolute atomic E-state index is 13.3. The Morgan fingerprint density at radius 3 is 2.47 bits per heavy atom. The number of carbonyl (C=O) groups is 1. The zero-order valence-electron chi connectivity index (χ0n) is 8.18. The van der Waals surface area contributed by atoms with E-state index in [1.54, 1.807) is 0 Å². The predicted octanol–water partition coefficient (Wildman–Crippen LogP) is 2.94. The first kappa shape index (κ1) is 11.6. The van der Waals surface area contributed by atoms with Gasteiger partial charge in [-0.25, -0.2) is 4.39 Å². The van der Waals surface area contributed by atoms with E-state index in [9.17, 15) is 18.0 Å². The molecule has 1 rings (SSSR count). The summed E-state index contributed by atoms with van der Waals surface area (Å²) in [4.78, 5) is 11.0. The first-order valence-corrected chi connectivity index (χ1v) is 4.17. The van der Waals surface area contributed by atoms with Crippen LogP contribution in [0, 0.1) is 12.7 Å². The third-order valence-electron chi connectivity index (χ3n) is 1.83. The molecule has 0 radical (unpaired) electrons. The number of Topliss-reactive ketones (excluding diaryl/α,β-unsaturated/α-hetero) is 1. The minimum absolute atomic E-state index is 0.0957. The van der Waals surface area contributed by atoms with Crippen LogP contribution in [0.15, 0.2) is 12.1 Å². The van der Waals surface area contributed by atoms with Crippen LogP contribution < -0.4 is 4.74 Å². The van der Waals surface area contributed by atoms with Crippen LogP contribution in [0.5, 0.6) is 5.75 Å². The largest absolute Gasteiger partial charge is 0.435 e. The molecule has 0 saturated carbocycles. The first-order chi connectivity index (χ1) is 6.91. The maximum Gasteiger partial charge on any atom is 0.387 e. The van der Waals surface area contributed by atoms with Crippen LogP contribution in [0.3, 0.4) is 0 Å². The van der Waals surface area contributed by atoms with E-state index in [1.165, 1.54) is 6.92 Å².